The highest BCUT2D eigenvalue weighted by Crippen LogP contribution is 2.44. The van der Waals surface area contributed by atoms with Crippen LogP contribution in [0, 0.1) is 0 Å². The van der Waals surface area contributed by atoms with Crippen molar-refractivity contribution in [2.75, 3.05) is 5.75 Å². The number of amides is 1. The van der Waals surface area contributed by atoms with E-state index in [1.54, 1.807) is 0 Å². The smallest absolute Gasteiger partial charge is 0.238 e. The van der Waals surface area contributed by atoms with Gasteiger partial charge in [0.1, 0.15) is 5.54 Å². The summed E-state index contributed by atoms with van der Waals surface area (Å²) >= 11 is 1.89. The molecule has 2 aliphatic rings. The van der Waals surface area contributed by atoms with Crippen LogP contribution in [0.1, 0.15) is 39.0 Å². The average Bonchev–Trinajstić information content (AvgIpc) is 2.47. The molecule has 4 heteroatoms. The molecule has 1 amide bonds. The zero-order chi connectivity index (χ0) is 10.2. The minimum absolute atomic E-state index is 0.155. The molecule has 0 radical (unpaired) electrons. The van der Waals surface area contributed by atoms with E-state index in [0.717, 1.165) is 5.75 Å². The van der Waals surface area contributed by atoms with E-state index < -0.39 is 5.54 Å². The van der Waals surface area contributed by atoms with Crippen molar-refractivity contribution in [2.24, 2.45) is 5.73 Å². The summed E-state index contributed by atoms with van der Waals surface area (Å²) in [6, 6.07) is 0. The van der Waals surface area contributed by atoms with Gasteiger partial charge >= 0.3 is 0 Å². The minimum Gasteiger partial charge on any atom is -0.368 e. The van der Waals surface area contributed by atoms with Gasteiger partial charge in [0.15, 0.2) is 0 Å². The van der Waals surface area contributed by atoms with Crippen LogP contribution in [0.15, 0.2) is 0 Å². The molecule has 80 valence electrons. The Bertz CT molecular complexity index is 251. The summed E-state index contributed by atoms with van der Waals surface area (Å²) in [7, 11) is 0. The maximum atomic E-state index is 11.3. The summed E-state index contributed by atoms with van der Waals surface area (Å²) in [6.07, 6.45) is 6.24. The van der Waals surface area contributed by atoms with Crippen LogP contribution in [0.3, 0.4) is 0 Å². The van der Waals surface area contributed by atoms with Gasteiger partial charge in [-0.3, -0.25) is 10.1 Å². The third kappa shape index (κ3) is 1.65. The molecule has 2 rings (SSSR count). The first-order valence-corrected chi connectivity index (χ1v) is 6.28. The Morgan fingerprint density at radius 1 is 1.36 bits per heavy atom. The van der Waals surface area contributed by atoms with Gasteiger partial charge in [-0.1, -0.05) is 19.3 Å². The van der Waals surface area contributed by atoms with Gasteiger partial charge in [0.05, 0.1) is 4.87 Å². The zero-order valence-corrected chi connectivity index (χ0v) is 9.45. The van der Waals surface area contributed by atoms with Gasteiger partial charge in [0.25, 0.3) is 0 Å². The van der Waals surface area contributed by atoms with Gasteiger partial charge < -0.3 is 5.73 Å². The fourth-order valence-electron chi connectivity index (χ4n) is 2.38. The molecule has 0 bridgehead atoms. The summed E-state index contributed by atoms with van der Waals surface area (Å²) in [5, 5.41) is 3.47. The largest absolute Gasteiger partial charge is 0.368 e. The van der Waals surface area contributed by atoms with E-state index in [4.69, 9.17) is 5.73 Å². The Morgan fingerprint density at radius 2 is 2.00 bits per heavy atom. The predicted molar refractivity (Wildman–Crippen MR) is 59.0 cm³/mol. The van der Waals surface area contributed by atoms with Crippen molar-refractivity contribution in [3.63, 3.8) is 0 Å². The Kier molecular flexibility index (Phi) is 2.52. The van der Waals surface area contributed by atoms with Crippen molar-refractivity contribution in [2.45, 2.75) is 49.4 Å². The molecule has 1 spiro atoms. The average molecular weight is 214 g/mol. The Labute approximate surface area is 89.2 Å². The maximum Gasteiger partial charge on any atom is 0.238 e. The predicted octanol–water partition coefficient (Wildman–Crippen LogP) is 1.23. The van der Waals surface area contributed by atoms with Crippen LogP contribution in [-0.2, 0) is 4.79 Å². The Morgan fingerprint density at radius 3 is 2.50 bits per heavy atom. The topological polar surface area (TPSA) is 55.1 Å². The Balaban J connectivity index is 2.09. The lowest BCUT2D eigenvalue weighted by atomic mass is 9.92. The van der Waals surface area contributed by atoms with Crippen LogP contribution in [-0.4, -0.2) is 22.1 Å². The quantitative estimate of drug-likeness (QED) is 0.690. The first-order valence-electron chi connectivity index (χ1n) is 5.30. The molecule has 2 fully saturated rings. The number of hydrogen-bond acceptors (Lipinski definition) is 3. The molecule has 14 heavy (non-hydrogen) atoms. The standard InChI is InChI=1S/C10H18N2OS/c1-9(8(11)13)7-14-10(12-9)5-3-2-4-6-10/h12H,2-7H2,1H3,(H2,11,13). The highest BCUT2D eigenvalue weighted by molar-refractivity contribution is 8.01. The molecule has 1 saturated heterocycles. The second kappa shape index (κ2) is 3.42. The lowest BCUT2D eigenvalue weighted by Gasteiger charge is -2.35. The van der Waals surface area contributed by atoms with E-state index in [1.165, 1.54) is 32.1 Å². The highest BCUT2D eigenvalue weighted by Gasteiger charge is 2.48. The van der Waals surface area contributed by atoms with Crippen molar-refractivity contribution in [1.29, 1.82) is 0 Å². The zero-order valence-electron chi connectivity index (χ0n) is 8.64. The van der Waals surface area contributed by atoms with Crippen LogP contribution >= 0.6 is 11.8 Å². The first-order chi connectivity index (χ1) is 6.56. The molecular formula is C10H18N2OS. The van der Waals surface area contributed by atoms with Gasteiger partial charge in [-0.05, 0) is 19.8 Å². The highest BCUT2D eigenvalue weighted by atomic mass is 32.2. The number of hydrogen-bond donors (Lipinski definition) is 2. The Hall–Kier alpha value is -0.220. The third-order valence-electron chi connectivity index (χ3n) is 3.35. The molecule has 0 aromatic heterocycles. The van der Waals surface area contributed by atoms with E-state index >= 15 is 0 Å². The number of carbonyl (C=O) groups excluding carboxylic acids is 1. The first kappa shape index (κ1) is 10.3. The van der Waals surface area contributed by atoms with Crippen molar-refractivity contribution in [3.8, 4) is 0 Å². The molecule has 1 aliphatic carbocycles. The second-order valence-corrected chi connectivity index (χ2v) is 6.02. The van der Waals surface area contributed by atoms with Crippen LogP contribution in [0.5, 0.6) is 0 Å². The summed E-state index contributed by atoms with van der Waals surface area (Å²) in [5.74, 6) is 0.606. The fraction of sp³-hybridized carbons (Fsp3) is 0.900. The number of nitrogens with two attached hydrogens (primary N) is 1. The van der Waals surface area contributed by atoms with E-state index in [2.05, 4.69) is 5.32 Å². The number of carbonyl (C=O) groups is 1. The van der Waals surface area contributed by atoms with E-state index in [9.17, 15) is 4.79 Å². The monoisotopic (exact) mass is 214 g/mol. The van der Waals surface area contributed by atoms with Crippen molar-refractivity contribution < 1.29 is 4.79 Å². The van der Waals surface area contributed by atoms with E-state index in [-0.39, 0.29) is 10.8 Å². The molecule has 3 N–H and O–H groups in total. The van der Waals surface area contributed by atoms with E-state index in [1.807, 2.05) is 18.7 Å². The summed E-state index contributed by atoms with van der Waals surface area (Å²) in [6.45, 7) is 1.92. The van der Waals surface area contributed by atoms with Crippen LogP contribution in [0.2, 0.25) is 0 Å². The molecule has 1 unspecified atom stereocenters. The van der Waals surface area contributed by atoms with Gasteiger partial charge in [0, 0.05) is 5.75 Å². The molecule has 3 nitrogen and oxygen atoms in total. The van der Waals surface area contributed by atoms with Crippen LogP contribution < -0.4 is 11.1 Å². The number of thioether (sulfide) groups is 1. The fourth-order valence-corrected chi connectivity index (χ4v) is 4.04. The summed E-state index contributed by atoms with van der Waals surface area (Å²) < 4.78 is 0. The van der Waals surface area contributed by atoms with Gasteiger partial charge in [-0.15, -0.1) is 11.8 Å². The molecular weight excluding hydrogens is 196 g/mol. The van der Waals surface area contributed by atoms with Crippen molar-refractivity contribution in [3.05, 3.63) is 0 Å². The number of nitrogens with one attached hydrogen (secondary N) is 1. The van der Waals surface area contributed by atoms with Gasteiger partial charge in [-0.2, -0.15) is 0 Å². The maximum absolute atomic E-state index is 11.3. The number of rotatable bonds is 1. The van der Waals surface area contributed by atoms with Gasteiger partial charge in [0.2, 0.25) is 5.91 Å². The van der Waals surface area contributed by atoms with Crippen LogP contribution in [0.25, 0.3) is 0 Å². The summed E-state index contributed by atoms with van der Waals surface area (Å²) in [5.41, 5.74) is 4.92. The molecule has 1 atom stereocenters. The molecule has 1 aliphatic heterocycles. The summed E-state index contributed by atoms with van der Waals surface area (Å²) in [4.78, 5) is 11.5. The van der Waals surface area contributed by atoms with Crippen molar-refractivity contribution >= 4 is 17.7 Å². The molecule has 0 aromatic carbocycles. The lowest BCUT2D eigenvalue weighted by Crippen LogP contribution is -2.56. The molecule has 1 heterocycles. The van der Waals surface area contributed by atoms with Crippen LogP contribution in [0.4, 0.5) is 0 Å². The second-order valence-electron chi connectivity index (χ2n) is 4.66. The minimum atomic E-state index is -0.484. The lowest BCUT2D eigenvalue weighted by molar-refractivity contribution is -0.123. The van der Waals surface area contributed by atoms with Gasteiger partial charge in [-0.25, -0.2) is 0 Å². The molecule has 0 aromatic rings. The third-order valence-corrected chi connectivity index (χ3v) is 5.13. The van der Waals surface area contributed by atoms with Crippen molar-refractivity contribution in [1.82, 2.24) is 5.32 Å². The van der Waals surface area contributed by atoms with E-state index in [0.29, 0.717) is 0 Å². The SMILES string of the molecule is CC1(C(N)=O)CSC2(CCCCC2)N1. The number of primary amides is 1. The molecule has 1 saturated carbocycles. The normalized spacial score (nSPS) is 36.1.